The second-order valence-electron chi connectivity index (χ2n) is 5.50. The molecule has 1 N–H and O–H groups in total. The zero-order chi connectivity index (χ0) is 17.9. The van der Waals surface area contributed by atoms with Crippen LogP contribution in [0.25, 0.3) is 0 Å². The Balaban J connectivity index is 2.30. The summed E-state index contributed by atoms with van der Waals surface area (Å²) in [4.78, 5) is 16.1. The summed E-state index contributed by atoms with van der Waals surface area (Å²) in [6.45, 7) is 4.20. The van der Waals surface area contributed by atoms with Crippen molar-refractivity contribution < 1.29 is 14.6 Å². The Morgan fingerprint density at radius 3 is 2.50 bits per heavy atom. The standard InChI is InChI=1S/C16H18Cl2N2O3S/c1-9(2)14-15(24-12-7-10(17)6-11(18)8-12)20(3)13(19-14)4-5-23-16(21)22/h6-9H,4-5H2,1-3H3,(H,21,22). The van der Waals surface area contributed by atoms with Crippen molar-refractivity contribution in [3.05, 3.63) is 39.8 Å². The normalized spacial score (nSPS) is 11.1. The van der Waals surface area contributed by atoms with Gasteiger partial charge in [-0.15, -0.1) is 0 Å². The number of benzene rings is 1. The molecule has 0 radical (unpaired) electrons. The topological polar surface area (TPSA) is 64.3 Å². The lowest BCUT2D eigenvalue weighted by Crippen LogP contribution is -2.08. The predicted octanol–water partition coefficient (Wildman–Crippen LogP) is 5.24. The third-order valence-electron chi connectivity index (χ3n) is 3.31. The minimum absolute atomic E-state index is 0.0742. The van der Waals surface area contributed by atoms with Crippen LogP contribution in [0.15, 0.2) is 28.1 Å². The van der Waals surface area contributed by atoms with Crippen LogP contribution in [0.4, 0.5) is 4.79 Å². The van der Waals surface area contributed by atoms with E-state index in [4.69, 9.17) is 28.3 Å². The van der Waals surface area contributed by atoms with E-state index in [0.29, 0.717) is 16.5 Å². The van der Waals surface area contributed by atoms with Gasteiger partial charge >= 0.3 is 6.16 Å². The molecular weight excluding hydrogens is 371 g/mol. The second-order valence-corrected chi connectivity index (χ2v) is 7.44. The van der Waals surface area contributed by atoms with Gasteiger partial charge in [-0.2, -0.15) is 0 Å². The lowest BCUT2D eigenvalue weighted by Gasteiger charge is -2.09. The van der Waals surface area contributed by atoms with Crippen molar-refractivity contribution in [1.29, 1.82) is 0 Å². The quantitative estimate of drug-likeness (QED) is 0.685. The van der Waals surface area contributed by atoms with Gasteiger partial charge in [-0.25, -0.2) is 9.78 Å². The molecular formula is C16H18Cl2N2O3S. The molecule has 0 atom stereocenters. The van der Waals surface area contributed by atoms with Gasteiger partial charge in [0.05, 0.1) is 5.69 Å². The smallest absolute Gasteiger partial charge is 0.450 e. The maximum atomic E-state index is 10.5. The Labute approximate surface area is 154 Å². The van der Waals surface area contributed by atoms with Crippen LogP contribution in [0.2, 0.25) is 10.0 Å². The number of hydrogen-bond acceptors (Lipinski definition) is 4. The first-order valence-corrected chi connectivity index (χ1v) is 8.90. The zero-order valence-corrected chi connectivity index (χ0v) is 15.9. The van der Waals surface area contributed by atoms with E-state index in [9.17, 15) is 4.79 Å². The molecule has 1 aromatic carbocycles. The Hall–Kier alpha value is -1.37. The highest BCUT2D eigenvalue weighted by Gasteiger charge is 2.19. The highest BCUT2D eigenvalue weighted by Crippen LogP contribution is 2.36. The van der Waals surface area contributed by atoms with Crippen LogP contribution in [0.1, 0.15) is 31.3 Å². The number of rotatable bonds is 6. The maximum Gasteiger partial charge on any atom is 0.505 e. The lowest BCUT2D eigenvalue weighted by atomic mass is 10.1. The number of hydrogen-bond donors (Lipinski definition) is 1. The van der Waals surface area contributed by atoms with Crippen molar-refractivity contribution in [2.75, 3.05) is 6.61 Å². The molecule has 0 bridgehead atoms. The molecule has 0 saturated heterocycles. The highest BCUT2D eigenvalue weighted by atomic mass is 35.5. The van der Waals surface area contributed by atoms with E-state index in [1.165, 1.54) is 11.8 Å². The molecule has 2 rings (SSSR count). The first kappa shape index (κ1) is 19.0. The molecule has 130 valence electrons. The summed E-state index contributed by atoms with van der Waals surface area (Å²) in [6.07, 6.45) is -0.865. The van der Waals surface area contributed by atoms with Crippen molar-refractivity contribution in [3.8, 4) is 0 Å². The summed E-state index contributed by atoms with van der Waals surface area (Å²) in [7, 11) is 1.91. The SMILES string of the molecule is CC(C)c1nc(CCOC(=O)O)n(C)c1Sc1cc(Cl)cc(Cl)c1. The summed E-state index contributed by atoms with van der Waals surface area (Å²) >= 11 is 13.7. The molecule has 8 heteroatoms. The van der Waals surface area contributed by atoms with E-state index >= 15 is 0 Å². The summed E-state index contributed by atoms with van der Waals surface area (Å²) < 4.78 is 6.54. The molecule has 2 aromatic rings. The summed E-state index contributed by atoms with van der Waals surface area (Å²) in [6, 6.07) is 5.39. The average molecular weight is 389 g/mol. The van der Waals surface area contributed by atoms with Gasteiger partial charge < -0.3 is 14.4 Å². The molecule has 0 aliphatic rings. The molecule has 0 unspecified atom stereocenters. The molecule has 0 aliphatic heterocycles. The van der Waals surface area contributed by atoms with Gasteiger partial charge in [-0.1, -0.05) is 48.8 Å². The Morgan fingerprint density at radius 1 is 1.33 bits per heavy atom. The molecule has 0 fully saturated rings. The molecule has 1 aromatic heterocycles. The third kappa shape index (κ3) is 4.82. The van der Waals surface area contributed by atoms with E-state index in [1.54, 1.807) is 6.07 Å². The zero-order valence-electron chi connectivity index (χ0n) is 13.5. The average Bonchev–Trinajstić information content (AvgIpc) is 2.75. The van der Waals surface area contributed by atoms with Gasteiger partial charge in [0.2, 0.25) is 0 Å². The number of nitrogens with zero attached hydrogens (tertiary/aromatic N) is 2. The first-order valence-electron chi connectivity index (χ1n) is 7.33. The fraction of sp³-hybridized carbons (Fsp3) is 0.375. The number of imidazole rings is 1. The van der Waals surface area contributed by atoms with Crippen LogP contribution in [-0.2, 0) is 18.2 Å². The summed E-state index contributed by atoms with van der Waals surface area (Å²) in [5.41, 5.74) is 0.948. The van der Waals surface area contributed by atoms with Crippen molar-refractivity contribution in [2.24, 2.45) is 7.05 Å². The molecule has 0 aliphatic carbocycles. The van der Waals surface area contributed by atoms with E-state index in [2.05, 4.69) is 23.6 Å². The van der Waals surface area contributed by atoms with Gasteiger partial charge in [-0.3, -0.25) is 0 Å². The Morgan fingerprint density at radius 2 is 1.96 bits per heavy atom. The number of carbonyl (C=O) groups is 1. The van der Waals surface area contributed by atoms with Crippen LogP contribution in [0, 0.1) is 0 Å². The minimum atomic E-state index is -1.28. The monoisotopic (exact) mass is 388 g/mol. The first-order chi connectivity index (χ1) is 11.3. The van der Waals surface area contributed by atoms with Gasteiger partial charge in [0, 0.05) is 28.4 Å². The largest absolute Gasteiger partial charge is 0.505 e. The van der Waals surface area contributed by atoms with Gasteiger partial charge in [0.1, 0.15) is 17.5 Å². The van der Waals surface area contributed by atoms with E-state index in [1.807, 2.05) is 23.7 Å². The predicted molar refractivity (Wildman–Crippen MR) is 95.6 cm³/mol. The third-order valence-corrected chi connectivity index (χ3v) is 4.89. The van der Waals surface area contributed by atoms with E-state index < -0.39 is 6.16 Å². The van der Waals surface area contributed by atoms with Crippen LogP contribution < -0.4 is 0 Å². The van der Waals surface area contributed by atoms with Crippen molar-refractivity contribution in [2.45, 2.75) is 36.1 Å². The van der Waals surface area contributed by atoms with Gasteiger partial charge in [0.25, 0.3) is 0 Å². The summed E-state index contributed by atoms with van der Waals surface area (Å²) in [5, 5.41) is 10.7. The molecule has 1 heterocycles. The van der Waals surface area contributed by atoms with E-state index in [-0.39, 0.29) is 12.5 Å². The number of halogens is 2. The van der Waals surface area contributed by atoms with Gasteiger partial charge in [0.15, 0.2) is 0 Å². The molecule has 0 saturated carbocycles. The lowest BCUT2D eigenvalue weighted by molar-refractivity contribution is 0.0921. The van der Waals surface area contributed by atoms with Crippen LogP contribution >= 0.6 is 35.0 Å². The van der Waals surface area contributed by atoms with Crippen LogP contribution in [0.3, 0.4) is 0 Å². The fourth-order valence-corrected chi connectivity index (χ4v) is 4.08. The Kier molecular flexibility index (Phi) is 6.43. The van der Waals surface area contributed by atoms with Crippen molar-refractivity contribution in [1.82, 2.24) is 9.55 Å². The van der Waals surface area contributed by atoms with Crippen LogP contribution in [-0.4, -0.2) is 27.4 Å². The fourth-order valence-electron chi connectivity index (χ4n) is 2.20. The summed E-state index contributed by atoms with van der Waals surface area (Å²) in [5.74, 6) is 0.998. The van der Waals surface area contributed by atoms with E-state index in [0.717, 1.165) is 21.4 Å². The number of ether oxygens (including phenoxy) is 1. The van der Waals surface area contributed by atoms with Crippen LogP contribution in [0.5, 0.6) is 0 Å². The van der Waals surface area contributed by atoms with Gasteiger partial charge in [-0.05, 0) is 24.1 Å². The molecule has 0 spiro atoms. The molecule has 24 heavy (non-hydrogen) atoms. The second kappa shape index (κ2) is 8.14. The number of carboxylic acid groups (broad SMARTS) is 1. The molecule has 5 nitrogen and oxygen atoms in total. The Bertz CT molecular complexity index is 727. The number of aromatic nitrogens is 2. The van der Waals surface area contributed by atoms with Crippen molar-refractivity contribution in [3.63, 3.8) is 0 Å². The highest BCUT2D eigenvalue weighted by molar-refractivity contribution is 7.99. The molecule has 0 amide bonds. The minimum Gasteiger partial charge on any atom is -0.450 e. The van der Waals surface area contributed by atoms with Crippen molar-refractivity contribution >= 4 is 41.1 Å². The maximum absolute atomic E-state index is 10.5.